The summed E-state index contributed by atoms with van der Waals surface area (Å²) in [5, 5.41) is 17.6. The quantitative estimate of drug-likeness (QED) is 0.823. The Morgan fingerprint density at radius 3 is 2.73 bits per heavy atom. The van der Waals surface area contributed by atoms with Gasteiger partial charge in [-0.2, -0.15) is 18.4 Å². The lowest BCUT2D eigenvalue weighted by molar-refractivity contribution is -0.137. The van der Waals surface area contributed by atoms with Crippen LogP contribution in [0.1, 0.15) is 55.6 Å². The van der Waals surface area contributed by atoms with Crippen molar-refractivity contribution in [1.29, 1.82) is 5.26 Å². The fourth-order valence-electron chi connectivity index (χ4n) is 3.43. The average Bonchev–Trinajstić information content (AvgIpc) is 3.10. The lowest BCUT2D eigenvalue weighted by atomic mass is 9.95. The first-order valence-electron chi connectivity index (χ1n) is 8.57. The predicted octanol–water partition coefficient (Wildman–Crippen LogP) is 4.13. The summed E-state index contributed by atoms with van der Waals surface area (Å²) in [6, 6.07) is 5.51. The highest BCUT2D eigenvalue weighted by Crippen LogP contribution is 2.35. The third-order valence-corrected chi connectivity index (χ3v) is 4.73. The third-order valence-electron chi connectivity index (χ3n) is 4.73. The summed E-state index contributed by atoms with van der Waals surface area (Å²) in [5.74, 6) is 1.01. The highest BCUT2D eigenvalue weighted by molar-refractivity contribution is 5.61. The first-order chi connectivity index (χ1) is 12.3. The van der Waals surface area contributed by atoms with Gasteiger partial charge >= 0.3 is 6.18 Å². The molecule has 5 nitrogen and oxygen atoms in total. The van der Waals surface area contributed by atoms with Crippen LogP contribution in [0.15, 0.2) is 24.5 Å². The van der Waals surface area contributed by atoms with E-state index in [1.165, 1.54) is 6.07 Å². The van der Waals surface area contributed by atoms with Gasteiger partial charge in [0.25, 0.3) is 0 Å². The first kappa shape index (κ1) is 18.2. The van der Waals surface area contributed by atoms with Crippen molar-refractivity contribution in [2.45, 2.75) is 44.8 Å². The molecular weight excluding hydrogens is 343 g/mol. The molecule has 1 fully saturated rings. The minimum atomic E-state index is -4.46. The Balaban J connectivity index is 1.88. The number of alkyl halides is 3. The lowest BCUT2D eigenvalue weighted by Gasteiger charge is -2.35. The summed E-state index contributed by atoms with van der Waals surface area (Å²) in [5.41, 5.74) is -0.211. The van der Waals surface area contributed by atoms with Crippen LogP contribution in [0.4, 0.5) is 18.9 Å². The standard InChI is InChI=1S/C18H20F3N5/c1-12(2)26-11-23-24-17(26)13-4-3-7-25(10-13)16-6-5-15(18(19,20)21)8-14(16)9-22/h5-6,8,11-13H,3-4,7,10H2,1-2H3. The van der Waals surface area contributed by atoms with E-state index in [9.17, 15) is 18.4 Å². The molecule has 0 spiro atoms. The Hall–Kier alpha value is -2.56. The van der Waals surface area contributed by atoms with E-state index in [0.717, 1.165) is 30.8 Å². The Bertz CT molecular complexity index is 819. The summed E-state index contributed by atoms with van der Waals surface area (Å²) >= 11 is 0. The fraction of sp³-hybridized carbons (Fsp3) is 0.500. The van der Waals surface area contributed by atoms with E-state index in [4.69, 9.17) is 0 Å². The molecule has 2 aromatic rings. The summed E-state index contributed by atoms with van der Waals surface area (Å²) in [6.45, 7) is 5.41. The zero-order valence-corrected chi connectivity index (χ0v) is 14.7. The van der Waals surface area contributed by atoms with Gasteiger partial charge in [0.1, 0.15) is 18.2 Å². The molecular formula is C18H20F3N5. The normalized spacial score (nSPS) is 18.2. The van der Waals surface area contributed by atoms with Gasteiger partial charge in [0.15, 0.2) is 0 Å². The van der Waals surface area contributed by atoms with Gasteiger partial charge in [-0.15, -0.1) is 10.2 Å². The molecule has 1 saturated heterocycles. The molecule has 0 saturated carbocycles. The zero-order valence-electron chi connectivity index (χ0n) is 14.7. The molecule has 26 heavy (non-hydrogen) atoms. The number of anilines is 1. The minimum Gasteiger partial charge on any atom is -0.370 e. The average molecular weight is 363 g/mol. The van der Waals surface area contributed by atoms with Gasteiger partial charge in [-0.05, 0) is 44.9 Å². The number of hydrogen-bond acceptors (Lipinski definition) is 4. The Labute approximate surface area is 150 Å². The molecule has 138 valence electrons. The van der Waals surface area contributed by atoms with E-state index in [1.54, 1.807) is 6.33 Å². The number of aromatic nitrogens is 3. The Morgan fingerprint density at radius 1 is 1.31 bits per heavy atom. The smallest absolute Gasteiger partial charge is 0.370 e. The van der Waals surface area contributed by atoms with Crippen molar-refractivity contribution in [3.05, 3.63) is 41.5 Å². The largest absolute Gasteiger partial charge is 0.416 e. The van der Waals surface area contributed by atoms with Gasteiger partial charge < -0.3 is 9.47 Å². The highest BCUT2D eigenvalue weighted by atomic mass is 19.4. The van der Waals surface area contributed by atoms with Crippen LogP contribution in [0.3, 0.4) is 0 Å². The van der Waals surface area contributed by atoms with E-state index in [0.29, 0.717) is 18.8 Å². The zero-order chi connectivity index (χ0) is 18.9. The second-order valence-corrected chi connectivity index (χ2v) is 6.82. The van der Waals surface area contributed by atoms with Crippen LogP contribution in [-0.4, -0.2) is 27.9 Å². The molecule has 2 heterocycles. The van der Waals surface area contributed by atoms with Crippen molar-refractivity contribution in [1.82, 2.24) is 14.8 Å². The molecule has 1 aliphatic rings. The molecule has 1 unspecified atom stereocenters. The molecule has 0 aliphatic carbocycles. The maximum absolute atomic E-state index is 12.9. The lowest BCUT2D eigenvalue weighted by Crippen LogP contribution is -2.36. The van der Waals surface area contributed by atoms with Crippen LogP contribution in [0, 0.1) is 11.3 Å². The summed E-state index contributed by atoms with van der Waals surface area (Å²) in [4.78, 5) is 1.98. The van der Waals surface area contributed by atoms with E-state index < -0.39 is 11.7 Å². The van der Waals surface area contributed by atoms with Gasteiger partial charge in [-0.1, -0.05) is 0 Å². The van der Waals surface area contributed by atoms with Crippen molar-refractivity contribution in [2.24, 2.45) is 0 Å². The highest BCUT2D eigenvalue weighted by Gasteiger charge is 2.32. The maximum atomic E-state index is 12.9. The van der Waals surface area contributed by atoms with Crippen molar-refractivity contribution in [3.63, 3.8) is 0 Å². The van der Waals surface area contributed by atoms with Crippen LogP contribution in [0.5, 0.6) is 0 Å². The summed E-state index contributed by atoms with van der Waals surface area (Å²) in [7, 11) is 0. The number of nitriles is 1. The number of halogens is 3. The van der Waals surface area contributed by atoms with Crippen LogP contribution < -0.4 is 4.90 Å². The summed E-state index contributed by atoms with van der Waals surface area (Å²) in [6.07, 6.45) is -0.939. The SMILES string of the molecule is CC(C)n1cnnc1C1CCCN(c2ccc(C(F)(F)F)cc2C#N)C1. The van der Waals surface area contributed by atoms with E-state index >= 15 is 0 Å². The second-order valence-electron chi connectivity index (χ2n) is 6.82. The molecule has 0 N–H and O–H groups in total. The molecule has 3 rings (SSSR count). The van der Waals surface area contributed by atoms with Gasteiger partial charge in [0.05, 0.1) is 16.8 Å². The van der Waals surface area contributed by atoms with Crippen LogP contribution in [-0.2, 0) is 6.18 Å². The van der Waals surface area contributed by atoms with Crippen molar-refractivity contribution >= 4 is 5.69 Å². The first-order valence-corrected chi connectivity index (χ1v) is 8.57. The van der Waals surface area contributed by atoms with Crippen molar-refractivity contribution in [2.75, 3.05) is 18.0 Å². The van der Waals surface area contributed by atoms with Crippen molar-refractivity contribution in [3.8, 4) is 6.07 Å². The monoisotopic (exact) mass is 363 g/mol. The molecule has 0 bridgehead atoms. The molecule has 1 aromatic heterocycles. The maximum Gasteiger partial charge on any atom is 0.416 e. The number of nitrogens with zero attached hydrogens (tertiary/aromatic N) is 5. The van der Waals surface area contributed by atoms with Gasteiger partial charge in [-0.3, -0.25) is 0 Å². The molecule has 8 heteroatoms. The minimum absolute atomic E-state index is 0.0470. The molecule has 1 atom stereocenters. The van der Waals surface area contributed by atoms with Crippen LogP contribution >= 0.6 is 0 Å². The topological polar surface area (TPSA) is 57.7 Å². The predicted molar refractivity (Wildman–Crippen MR) is 90.8 cm³/mol. The third kappa shape index (κ3) is 3.52. The van der Waals surface area contributed by atoms with E-state index in [1.807, 2.05) is 15.5 Å². The second kappa shape index (κ2) is 6.98. The van der Waals surface area contributed by atoms with Crippen LogP contribution in [0.25, 0.3) is 0 Å². The van der Waals surface area contributed by atoms with Gasteiger partial charge in [0.2, 0.25) is 0 Å². The van der Waals surface area contributed by atoms with Gasteiger partial charge in [-0.25, -0.2) is 0 Å². The van der Waals surface area contributed by atoms with E-state index in [-0.39, 0.29) is 17.5 Å². The number of rotatable bonds is 3. The molecule has 1 aromatic carbocycles. The molecule has 0 amide bonds. The molecule has 0 radical (unpaired) electrons. The number of benzene rings is 1. The Morgan fingerprint density at radius 2 is 2.08 bits per heavy atom. The van der Waals surface area contributed by atoms with Crippen LogP contribution in [0.2, 0.25) is 0 Å². The number of piperidine rings is 1. The van der Waals surface area contributed by atoms with E-state index in [2.05, 4.69) is 24.0 Å². The number of hydrogen-bond donors (Lipinski definition) is 0. The Kier molecular flexibility index (Phi) is 4.90. The fourth-order valence-corrected chi connectivity index (χ4v) is 3.43. The summed E-state index contributed by atoms with van der Waals surface area (Å²) < 4.78 is 40.7. The molecule has 1 aliphatic heterocycles. The van der Waals surface area contributed by atoms with Gasteiger partial charge in [0, 0.05) is 25.0 Å². The van der Waals surface area contributed by atoms with Crippen molar-refractivity contribution < 1.29 is 13.2 Å².